The van der Waals surface area contributed by atoms with Crippen LogP contribution in [0.15, 0.2) is 12.2 Å². The summed E-state index contributed by atoms with van der Waals surface area (Å²) in [5, 5.41) is 32.0. The third-order valence-corrected chi connectivity index (χ3v) is 3.99. The monoisotopic (exact) mass is 321 g/mol. The number of aliphatic hydroxyl groups excluding tert-OH is 3. The van der Waals surface area contributed by atoms with Crippen molar-refractivity contribution < 1.29 is 15.3 Å². The minimum absolute atomic E-state index is 0. The van der Waals surface area contributed by atoms with Crippen LogP contribution < -0.4 is 5.32 Å². The van der Waals surface area contributed by atoms with Crippen LogP contribution in [0.3, 0.4) is 0 Å². The molecule has 0 aromatic carbocycles. The van der Waals surface area contributed by atoms with Crippen molar-refractivity contribution in [3.05, 3.63) is 12.2 Å². The highest BCUT2D eigenvalue weighted by molar-refractivity contribution is 5.85. The Bertz CT molecular complexity index is 276. The van der Waals surface area contributed by atoms with E-state index in [2.05, 4.69) is 12.2 Å². The molecule has 5 heteroatoms. The summed E-state index contributed by atoms with van der Waals surface area (Å²) in [5.74, 6) is 0. The smallest absolute Gasteiger partial charge is 0.111 e. The van der Waals surface area contributed by atoms with E-state index >= 15 is 0 Å². The first-order valence-electron chi connectivity index (χ1n) is 8.12. The van der Waals surface area contributed by atoms with Crippen LogP contribution in [0.4, 0.5) is 0 Å². The summed E-state index contributed by atoms with van der Waals surface area (Å²) in [4.78, 5) is 0. The molecule has 4 N–H and O–H groups in total. The second kappa shape index (κ2) is 12.4. The van der Waals surface area contributed by atoms with E-state index in [-0.39, 0.29) is 18.4 Å². The predicted molar refractivity (Wildman–Crippen MR) is 88.8 cm³/mol. The van der Waals surface area contributed by atoms with Crippen LogP contribution in [0, 0.1) is 0 Å². The molecule has 21 heavy (non-hydrogen) atoms. The predicted octanol–water partition coefficient (Wildman–Crippen LogP) is 2.16. The lowest BCUT2D eigenvalue weighted by Crippen LogP contribution is -2.52. The van der Waals surface area contributed by atoms with Crippen LogP contribution in [0.2, 0.25) is 0 Å². The Morgan fingerprint density at radius 3 is 2.00 bits per heavy atom. The molecule has 0 saturated carbocycles. The van der Waals surface area contributed by atoms with E-state index in [1.165, 1.54) is 44.9 Å². The van der Waals surface area contributed by atoms with E-state index in [1.54, 1.807) is 12.2 Å². The van der Waals surface area contributed by atoms with Gasteiger partial charge in [-0.15, -0.1) is 12.4 Å². The molecular formula is C16H32ClNO3. The maximum atomic E-state index is 9.81. The number of nitrogens with one attached hydrogen (secondary N) is 1. The van der Waals surface area contributed by atoms with Gasteiger partial charge in [0.2, 0.25) is 0 Å². The van der Waals surface area contributed by atoms with Gasteiger partial charge < -0.3 is 20.6 Å². The molecule has 1 aliphatic carbocycles. The van der Waals surface area contributed by atoms with Crippen molar-refractivity contribution in [3.8, 4) is 0 Å². The summed E-state index contributed by atoms with van der Waals surface area (Å²) in [7, 11) is 0. The number of aliphatic hydroxyl groups is 3. The molecular weight excluding hydrogens is 290 g/mol. The quantitative estimate of drug-likeness (QED) is 0.367. The topological polar surface area (TPSA) is 72.7 Å². The van der Waals surface area contributed by atoms with Crippen molar-refractivity contribution in [3.63, 3.8) is 0 Å². The fraction of sp³-hybridized carbons (Fsp3) is 0.875. The van der Waals surface area contributed by atoms with Crippen LogP contribution >= 0.6 is 12.4 Å². The van der Waals surface area contributed by atoms with Gasteiger partial charge in [0.15, 0.2) is 0 Å². The molecule has 1 rings (SSSR count). The van der Waals surface area contributed by atoms with E-state index < -0.39 is 18.3 Å². The van der Waals surface area contributed by atoms with Crippen molar-refractivity contribution in [1.29, 1.82) is 0 Å². The van der Waals surface area contributed by atoms with E-state index in [0.717, 1.165) is 13.0 Å². The summed E-state index contributed by atoms with van der Waals surface area (Å²) in [6.45, 7) is 3.07. The molecule has 0 spiro atoms. The molecule has 0 unspecified atom stereocenters. The molecule has 0 heterocycles. The van der Waals surface area contributed by atoms with Gasteiger partial charge in [-0.1, -0.05) is 64.0 Å². The van der Waals surface area contributed by atoms with Crippen molar-refractivity contribution in [1.82, 2.24) is 5.32 Å². The van der Waals surface area contributed by atoms with Gasteiger partial charge in [-0.25, -0.2) is 0 Å². The second-order valence-corrected chi connectivity index (χ2v) is 5.81. The number of hydrogen-bond acceptors (Lipinski definition) is 4. The third kappa shape index (κ3) is 8.17. The SMILES string of the molecule is CCCCCCCCCCN[C@@H]1C=C[C@H](O)[C@H](O)[C@H]1O.Cl. The minimum atomic E-state index is -1.09. The standard InChI is InChI=1S/C16H31NO3.ClH/c1-2-3-4-5-6-7-8-9-12-17-13-10-11-14(18)16(20)15(13)19;/h10-11,13-20H,2-9,12H2,1H3;1H/t13-,14+,15+,16+;/m1./s1. The number of hydrogen-bond donors (Lipinski definition) is 4. The average Bonchev–Trinajstić information content (AvgIpc) is 2.45. The van der Waals surface area contributed by atoms with Crippen LogP contribution in [-0.2, 0) is 0 Å². The lowest BCUT2D eigenvalue weighted by Gasteiger charge is -2.31. The fourth-order valence-electron chi connectivity index (χ4n) is 2.59. The van der Waals surface area contributed by atoms with Crippen LogP contribution in [0.1, 0.15) is 58.3 Å². The summed E-state index contributed by atoms with van der Waals surface area (Å²) in [6.07, 6.45) is 10.5. The van der Waals surface area contributed by atoms with Crippen molar-refractivity contribution in [2.24, 2.45) is 0 Å². The van der Waals surface area contributed by atoms with Crippen molar-refractivity contribution in [2.75, 3.05) is 6.54 Å². The molecule has 0 aromatic rings. The highest BCUT2D eigenvalue weighted by Crippen LogP contribution is 2.14. The first kappa shape index (κ1) is 20.9. The first-order valence-corrected chi connectivity index (χ1v) is 8.12. The Hall–Kier alpha value is -0.130. The molecule has 4 atom stereocenters. The van der Waals surface area contributed by atoms with Gasteiger partial charge in [-0.3, -0.25) is 0 Å². The lowest BCUT2D eigenvalue weighted by molar-refractivity contribution is -0.0564. The molecule has 126 valence electrons. The van der Waals surface area contributed by atoms with Gasteiger partial charge in [-0.2, -0.15) is 0 Å². The van der Waals surface area contributed by atoms with Gasteiger partial charge >= 0.3 is 0 Å². The molecule has 0 aliphatic heterocycles. The zero-order valence-electron chi connectivity index (χ0n) is 13.1. The zero-order chi connectivity index (χ0) is 14.8. The summed E-state index contributed by atoms with van der Waals surface area (Å²) in [5.41, 5.74) is 0. The maximum absolute atomic E-state index is 9.81. The Kier molecular flexibility index (Phi) is 12.3. The Morgan fingerprint density at radius 1 is 0.810 bits per heavy atom. The second-order valence-electron chi connectivity index (χ2n) is 5.81. The molecule has 0 aromatic heterocycles. The van der Waals surface area contributed by atoms with Crippen molar-refractivity contribution in [2.45, 2.75) is 82.6 Å². The highest BCUT2D eigenvalue weighted by Gasteiger charge is 2.32. The largest absolute Gasteiger partial charge is 0.388 e. The Balaban J connectivity index is 0.00000400. The molecule has 1 aliphatic rings. The average molecular weight is 322 g/mol. The van der Waals surface area contributed by atoms with E-state index in [4.69, 9.17) is 0 Å². The summed E-state index contributed by atoms with van der Waals surface area (Å²) >= 11 is 0. The lowest BCUT2D eigenvalue weighted by atomic mass is 9.94. The van der Waals surface area contributed by atoms with Gasteiger partial charge in [0.25, 0.3) is 0 Å². The number of rotatable bonds is 10. The number of halogens is 1. The van der Waals surface area contributed by atoms with E-state index in [1.807, 2.05) is 0 Å². The third-order valence-electron chi connectivity index (χ3n) is 3.99. The van der Waals surface area contributed by atoms with Gasteiger partial charge in [0, 0.05) is 0 Å². The Labute approximate surface area is 135 Å². The first-order chi connectivity index (χ1) is 9.66. The summed E-state index contributed by atoms with van der Waals surface area (Å²) in [6, 6.07) is -0.252. The van der Waals surface area contributed by atoms with Crippen molar-refractivity contribution >= 4 is 12.4 Å². The normalized spacial score (nSPS) is 28.4. The highest BCUT2D eigenvalue weighted by atomic mass is 35.5. The van der Waals surface area contributed by atoms with Gasteiger partial charge in [0.1, 0.15) is 18.3 Å². The van der Waals surface area contributed by atoms with Crippen LogP contribution in [0.25, 0.3) is 0 Å². The Morgan fingerprint density at radius 2 is 1.38 bits per heavy atom. The van der Waals surface area contributed by atoms with Gasteiger partial charge in [-0.05, 0) is 13.0 Å². The minimum Gasteiger partial charge on any atom is -0.388 e. The van der Waals surface area contributed by atoms with E-state index in [0.29, 0.717) is 0 Å². The molecule has 0 saturated heterocycles. The van der Waals surface area contributed by atoms with Crippen LogP contribution in [-0.4, -0.2) is 46.2 Å². The maximum Gasteiger partial charge on any atom is 0.111 e. The molecule has 0 fully saturated rings. The number of unbranched alkanes of at least 4 members (excludes halogenated alkanes) is 7. The fourth-order valence-corrected chi connectivity index (χ4v) is 2.59. The molecule has 0 radical (unpaired) electrons. The van der Waals surface area contributed by atoms with Crippen LogP contribution in [0.5, 0.6) is 0 Å². The molecule has 0 bridgehead atoms. The molecule has 4 nitrogen and oxygen atoms in total. The van der Waals surface area contributed by atoms with Gasteiger partial charge in [0.05, 0.1) is 6.04 Å². The summed E-state index contributed by atoms with van der Waals surface area (Å²) < 4.78 is 0. The molecule has 0 amide bonds. The van der Waals surface area contributed by atoms with E-state index in [9.17, 15) is 15.3 Å². The zero-order valence-corrected chi connectivity index (χ0v) is 13.9.